The molecule has 0 aliphatic rings. The number of hydrogen-bond acceptors (Lipinski definition) is 1. The van der Waals surface area contributed by atoms with Gasteiger partial charge in [0.05, 0.1) is 8.15 Å². The summed E-state index contributed by atoms with van der Waals surface area (Å²) in [6, 6.07) is 10.3. The SMILES string of the molecule is CCOP(C)c1ccccc1. The van der Waals surface area contributed by atoms with Gasteiger partial charge in [0.1, 0.15) is 0 Å². The molecule has 0 saturated carbocycles. The fourth-order valence-corrected chi connectivity index (χ4v) is 2.03. The third kappa shape index (κ3) is 2.61. The molecule has 0 N–H and O–H groups in total. The van der Waals surface area contributed by atoms with Gasteiger partial charge in [-0.05, 0) is 13.6 Å². The second-order valence-electron chi connectivity index (χ2n) is 2.25. The smallest absolute Gasteiger partial charge is 0.0571 e. The summed E-state index contributed by atoms with van der Waals surface area (Å²) in [6.07, 6.45) is 0. The van der Waals surface area contributed by atoms with Gasteiger partial charge in [-0.1, -0.05) is 30.3 Å². The second-order valence-corrected chi connectivity index (χ2v) is 4.02. The predicted molar refractivity (Wildman–Crippen MR) is 50.5 cm³/mol. The molecule has 2 heteroatoms. The Bertz CT molecular complexity index is 198. The highest BCUT2D eigenvalue weighted by atomic mass is 31.1. The quantitative estimate of drug-likeness (QED) is 0.629. The zero-order chi connectivity index (χ0) is 8.10. The molecule has 0 aliphatic heterocycles. The van der Waals surface area contributed by atoms with E-state index in [1.807, 2.05) is 25.1 Å². The van der Waals surface area contributed by atoms with Gasteiger partial charge in [-0.15, -0.1) is 0 Å². The Balaban J connectivity index is 2.61. The summed E-state index contributed by atoms with van der Waals surface area (Å²) in [7, 11) is -0.376. The van der Waals surface area contributed by atoms with Crippen LogP contribution in [0.3, 0.4) is 0 Å². The van der Waals surface area contributed by atoms with Gasteiger partial charge in [0, 0.05) is 11.9 Å². The van der Waals surface area contributed by atoms with E-state index in [1.165, 1.54) is 5.30 Å². The molecule has 1 nitrogen and oxygen atoms in total. The molecule has 1 unspecified atom stereocenters. The first kappa shape index (κ1) is 8.70. The summed E-state index contributed by atoms with van der Waals surface area (Å²) < 4.78 is 5.49. The van der Waals surface area contributed by atoms with Crippen LogP contribution in [0.5, 0.6) is 0 Å². The first-order chi connectivity index (χ1) is 5.34. The van der Waals surface area contributed by atoms with Crippen LogP contribution in [0.4, 0.5) is 0 Å². The first-order valence-electron chi connectivity index (χ1n) is 3.76. The highest BCUT2D eigenvalue weighted by molar-refractivity contribution is 7.60. The van der Waals surface area contributed by atoms with Crippen molar-refractivity contribution in [3.63, 3.8) is 0 Å². The molecule has 0 fully saturated rings. The first-order valence-corrected chi connectivity index (χ1v) is 5.47. The van der Waals surface area contributed by atoms with Gasteiger partial charge in [-0.2, -0.15) is 0 Å². The lowest BCUT2D eigenvalue weighted by molar-refractivity contribution is 0.386. The van der Waals surface area contributed by atoms with Crippen molar-refractivity contribution in [2.24, 2.45) is 0 Å². The molecule has 0 amide bonds. The Morgan fingerprint density at radius 1 is 1.27 bits per heavy atom. The van der Waals surface area contributed by atoms with Crippen LogP contribution in [-0.2, 0) is 4.52 Å². The number of hydrogen-bond donors (Lipinski definition) is 0. The summed E-state index contributed by atoms with van der Waals surface area (Å²) >= 11 is 0. The monoisotopic (exact) mass is 168 g/mol. The minimum absolute atomic E-state index is 0.376. The molecule has 1 aromatic carbocycles. The largest absolute Gasteiger partial charge is 0.355 e. The van der Waals surface area contributed by atoms with Gasteiger partial charge >= 0.3 is 0 Å². The van der Waals surface area contributed by atoms with Crippen molar-refractivity contribution < 1.29 is 4.52 Å². The van der Waals surface area contributed by atoms with Crippen LogP contribution in [0, 0.1) is 0 Å². The minimum Gasteiger partial charge on any atom is -0.355 e. The van der Waals surface area contributed by atoms with Gasteiger partial charge in [-0.3, -0.25) is 0 Å². The van der Waals surface area contributed by atoms with E-state index in [1.54, 1.807) is 0 Å². The van der Waals surface area contributed by atoms with Gasteiger partial charge < -0.3 is 4.52 Å². The second kappa shape index (κ2) is 4.48. The van der Waals surface area contributed by atoms with E-state index in [0.29, 0.717) is 0 Å². The molecule has 1 aromatic rings. The van der Waals surface area contributed by atoms with Gasteiger partial charge in [0.2, 0.25) is 0 Å². The van der Waals surface area contributed by atoms with Crippen LogP contribution >= 0.6 is 8.15 Å². The van der Waals surface area contributed by atoms with Crippen LogP contribution in [-0.4, -0.2) is 13.3 Å². The highest BCUT2D eigenvalue weighted by Crippen LogP contribution is 2.29. The van der Waals surface area contributed by atoms with Crippen molar-refractivity contribution in [3.05, 3.63) is 30.3 Å². The maximum atomic E-state index is 5.49. The topological polar surface area (TPSA) is 9.23 Å². The van der Waals surface area contributed by atoms with Gasteiger partial charge in [0.25, 0.3) is 0 Å². The maximum Gasteiger partial charge on any atom is 0.0571 e. The molecule has 60 valence electrons. The Kier molecular flexibility index (Phi) is 3.55. The van der Waals surface area contributed by atoms with Crippen LogP contribution in [0.25, 0.3) is 0 Å². The maximum absolute atomic E-state index is 5.49. The molecule has 0 bridgehead atoms. The average Bonchev–Trinajstić information content (AvgIpc) is 2.07. The van der Waals surface area contributed by atoms with Crippen molar-refractivity contribution in [2.45, 2.75) is 6.92 Å². The Labute approximate surface area is 69.2 Å². The summed E-state index contributed by atoms with van der Waals surface area (Å²) in [4.78, 5) is 0. The van der Waals surface area contributed by atoms with E-state index < -0.39 is 0 Å². The molecular formula is C9H13OP. The van der Waals surface area contributed by atoms with Crippen LogP contribution in [0.2, 0.25) is 0 Å². The molecule has 1 atom stereocenters. The van der Waals surface area contributed by atoms with E-state index in [2.05, 4.69) is 18.8 Å². The number of rotatable bonds is 3. The van der Waals surface area contributed by atoms with Crippen LogP contribution < -0.4 is 5.30 Å². The standard InChI is InChI=1S/C9H13OP/c1-3-10-11(2)9-7-5-4-6-8-9/h4-8H,3H2,1-2H3. The van der Waals surface area contributed by atoms with E-state index in [4.69, 9.17) is 4.52 Å². The predicted octanol–water partition coefficient (Wildman–Crippen LogP) is 2.38. The lowest BCUT2D eigenvalue weighted by Crippen LogP contribution is -2.00. The highest BCUT2D eigenvalue weighted by Gasteiger charge is 2.01. The molecule has 0 spiro atoms. The molecule has 0 radical (unpaired) electrons. The van der Waals surface area contributed by atoms with Gasteiger partial charge in [0.15, 0.2) is 0 Å². The van der Waals surface area contributed by atoms with Crippen LogP contribution in [0.15, 0.2) is 30.3 Å². The zero-order valence-corrected chi connectivity index (χ0v) is 7.84. The molecule has 11 heavy (non-hydrogen) atoms. The Morgan fingerprint density at radius 2 is 1.91 bits per heavy atom. The average molecular weight is 168 g/mol. The van der Waals surface area contributed by atoms with E-state index in [-0.39, 0.29) is 8.15 Å². The van der Waals surface area contributed by atoms with E-state index in [0.717, 1.165) is 6.61 Å². The normalized spacial score (nSPS) is 12.9. The van der Waals surface area contributed by atoms with Crippen molar-refractivity contribution >= 4 is 13.5 Å². The number of benzene rings is 1. The zero-order valence-electron chi connectivity index (χ0n) is 6.95. The molecule has 0 aliphatic carbocycles. The van der Waals surface area contributed by atoms with Crippen molar-refractivity contribution in [2.75, 3.05) is 13.3 Å². The van der Waals surface area contributed by atoms with Gasteiger partial charge in [-0.25, -0.2) is 0 Å². The summed E-state index contributed by atoms with van der Waals surface area (Å²) in [5.74, 6) is 0. The summed E-state index contributed by atoms with van der Waals surface area (Å²) in [5.41, 5.74) is 0. The summed E-state index contributed by atoms with van der Waals surface area (Å²) in [6.45, 7) is 4.97. The van der Waals surface area contributed by atoms with Crippen LogP contribution in [0.1, 0.15) is 6.92 Å². The van der Waals surface area contributed by atoms with Crippen molar-refractivity contribution in [1.29, 1.82) is 0 Å². The molecule has 1 rings (SSSR count). The Hall–Kier alpha value is -0.390. The lowest BCUT2D eigenvalue weighted by Gasteiger charge is -2.10. The third-order valence-electron chi connectivity index (χ3n) is 1.44. The molecule has 0 aromatic heterocycles. The fourth-order valence-electron chi connectivity index (χ4n) is 0.906. The molecule has 0 heterocycles. The van der Waals surface area contributed by atoms with E-state index in [9.17, 15) is 0 Å². The van der Waals surface area contributed by atoms with Crippen molar-refractivity contribution in [3.8, 4) is 0 Å². The van der Waals surface area contributed by atoms with E-state index >= 15 is 0 Å². The molecular weight excluding hydrogens is 155 g/mol. The summed E-state index contributed by atoms with van der Waals surface area (Å²) in [5, 5.41) is 1.31. The van der Waals surface area contributed by atoms with Crippen molar-refractivity contribution in [1.82, 2.24) is 0 Å². The molecule has 0 saturated heterocycles. The lowest BCUT2D eigenvalue weighted by atomic mass is 10.4. The third-order valence-corrected chi connectivity index (χ3v) is 3.11. The Morgan fingerprint density at radius 3 is 2.45 bits per heavy atom. The fraction of sp³-hybridized carbons (Fsp3) is 0.333. The minimum atomic E-state index is -0.376.